The third-order valence-electron chi connectivity index (χ3n) is 5.01. The molecule has 2 rings (SSSR count). The van der Waals surface area contributed by atoms with E-state index < -0.39 is 0 Å². The van der Waals surface area contributed by atoms with Crippen LogP contribution < -0.4 is 5.32 Å². The molecule has 1 aliphatic heterocycles. The van der Waals surface area contributed by atoms with Crippen LogP contribution >= 0.6 is 24.0 Å². The Bertz CT molecular complexity index is 355. The van der Waals surface area contributed by atoms with Gasteiger partial charge in [-0.1, -0.05) is 6.92 Å². The van der Waals surface area contributed by atoms with Crippen LogP contribution in [0.25, 0.3) is 0 Å². The zero-order valence-electron chi connectivity index (χ0n) is 15.8. The maximum absolute atomic E-state index is 5.71. The fourth-order valence-corrected chi connectivity index (χ4v) is 3.02. The number of halogens is 1. The second-order valence-electron chi connectivity index (χ2n) is 7.29. The molecule has 0 aromatic heterocycles. The van der Waals surface area contributed by atoms with Gasteiger partial charge in [-0.15, -0.1) is 24.0 Å². The van der Waals surface area contributed by atoms with E-state index in [1.165, 1.54) is 51.7 Å². The highest BCUT2D eigenvalue weighted by atomic mass is 127. The summed E-state index contributed by atoms with van der Waals surface area (Å²) in [7, 11) is 3.94. The minimum absolute atomic E-state index is 0. The number of hydrogen-bond acceptors (Lipinski definition) is 3. The molecule has 1 saturated carbocycles. The lowest BCUT2D eigenvalue weighted by Crippen LogP contribution is -2.42. The van der Waals surface area contributed by atoms with Gasteiger partial charge in [0.1, 0.15) is 0 Å². The van der Waals surface area contributed by atoms with Gasteiger partial charge in [0.05, 0.1) is 6.61 Å². The van der Waals surface area contributed by atoms with Crippen LogP contribution in [-0.4, -0.2) is 75.8 Å². The van der Waals surface area contributed by atoms with Crippen LogP contribution in [0.15, 0.2) is 4.99 Å². The molecular weight excluding hydrogens is 415 g/mol. The molecule has 0 aromatic carbocycles. The highest BCUT2D eigenvalue weighted by Crippen LogP contribution is 2.28. The van der Waals surface area contributed by atoms with Gasteiger partial charge in [-0.3, -0.25) is 4.99 Å². The number of piperidine rings is 1. The summed E-state index contributed by atoms with van der Waals surface area (Å²) in [5, 5.41) is 3.47. The molecule has 142 valence electrons. The van der Waals surface area contributed by atoms with E-state index >= 15 is 0 Å². The molecule has 2 fully saturated rings. The first-order valence-electron chi connectivity index (χ1n) is 9.41. The molecule has 0 radical (unpaired) electrons. The van der Waals surface area contributed by atoms with Gasteiger partial charge in [0.2, 0.25) is 0 Å². The molecule has 1 N–H and O–H groups in total. The number of nitrogens with one attached hydrogen (secondary N) is 1. The summed E-state index contributed by atoms with van der Waals surface area (Å²) < 4.78 is 5.71. The normalized spacial score (nSPS) is 19.9. The average molecular weight is 452 g/mol. The van der Waals surface area contributed by atoms with Crippen LogP contribution in [0.5, 0.6) is 0 Å². The van der Waals surface area contributed by atoms with Crippen LogP contribution in [0.3, 0.4) is 0 Å². The SMILES string of the molecule is CN=C(NCCCN1CCC(C)CC1)N(C)CCOCC1CC1.I. The van der Waals surface area contributed by atoms with E-state index in [1.54, 1.807) is 0 Å². The van der Waals surface area contributed by atoms with Crippen LogP contribution in [0.2, 0.25) is 0 Å². The summed E-state index contributed by atoms with van der Waals surface area (Å²) in [5.74, 6) is 2.74. The molecule has 1 heterocycles. The Hall–Kier alpha value is -0.0800. The Morgan fingerprint density at radius 1 is 1.25 bits per heavy atom. The van der Waals surface area contributed by atoms with Crippen molar-refractivity contribution in [3.8, 4) is 0 Å². The van der Waals surface area contributed by atoms with Crippen molar-refractivity contribution in [1.82, 2.24) is 15.1 Å². The Labute approximate surface area is 165 Å². The van der Waals surface area contributed by atoms with Crippen molar-refractivity contribution in [2.24, 2.45) is 16.8 Å². The molecule has 0 amide bonds. The van der Waals surface area contributed by atoms with E-state index in [2.05, 4.69) is 34.1 Å². The third-order valence-corrected chi connectivity index (χ3v) is 5.01. The highest BCUT2D eigenvalue weighted by molar-refractivity contribution is 14.0. The van der Waals surface area contributed by atoms with Gasteiger partial charge >= 0.3 is 0 Å². The molecule has 6 heteroatoms. The Morgan fingerprint density at radius 3 is 2.58 bits per heavy atom. The minimum atomic E-state index is 0. The van der Waals surface area contributed by atoms with Crippen molar-refractivity contribution in [1.29, 1.82) is 0 Å². The zero-order chi connectivity index (χ0) is 16.5. The van der Waals surface area contributed by atoms with Crippen molar-refractivity contribution in [2.75, 3.05) is 60.0 Å². The number of guanidine groups is 1. The van der Waals surface area contributed by atoms with Crippen molar-refractivity contribution in [2.45, 2.75) is 39.0 Å². The summed E-state index contributed by atoms with van der Waals surface area (Å²) in [6.45, 7) is 9.73. The standard InChI is InChI=1S/C18H36N4O.HI/c1-16-7-11-22(12-8-16)10-4-9-20-18(19-2)21(3)13-14-23-15-17-5-6-17;/h16-17H,4-15H2,1-3H3,(H,19,20);1H. The van der Waals surface area contributed by atoms with E-state index in [-0.39, 0.29) is 24.0 Å². The van der Waals surface area contributed by atoms with Crippen LogP contribution in [0.1, 0.15) is 39.0 Å². The lowest BCUT2D eigenvalue weighted by Gasteiger charge is -2.30. The van der Waals surface area contributed by atoms with Crippen molar-refractivity contribution < 1.29 is 4.74 Å². The van der Waals surface area contributed by atoms with E-state index in [1.807, 2.05) is 7.05 Å². The lowest BCUT2D eigenvalue weighted by molar-refractivity contribution is 0.115. The second kappa shape index (κ2) is 12.3. The monoisotopic (exact) mass is 452 g/mol. The lowest BCUT2D eigenvalue weighted by atomic mass is 9.99. The summed E-state index contributed by atoms with van der Waals surface area (Å²) >= 11 is 0. The molecule has 2 aliphatic rings. The summed E-state index contributed by atoms with van der Waals surface area (Å²) in [5.41, 5.74) is 0. The fraction of sp³-hybridized carbons (Fsp3) is 0.944. The Morgan fingerprint density at radius 2 is 1.96 bits per heavy atom. The first-order chi connectivity index (χ1) is 11.2. The fourth-order valence-electron chi connectivity index (χ4n) is 3.02. The number of aliphatic imine (C=N–C) groups is 1. The van der Waals surface area contributed by atoms with Crippen molar-refractivity contribution >= 4 is 29.9 Å². The van der Waals surface area contributed by atoms with E-state index in [9.17, 15) is 0 Å². The molecule has 0 unspecified atom stereocenters. The molecule has 0 spiro atoms. The van der Waals surface area contributed by atoms with Gasteiger partial charge in [-0.05, 0) is 63.6 Å². The molecule has 24 heavy (non-hydrogen) atoms. The average Bonchev–Trinajstić information content (AvgIpc) is 3.37. The maximum Gasteiger partial charge on any atom is 0.193 e. The first kappa shape index (κ1) is 22.0. The quantitative estimate of drug-likeness (QED) is 0.253. The molecule has 1 aliphatic carbocycles. The molecule has 0 aromatic rings. The number of likely N-dealkylation sites (N-methyl/N-ethyl adjacent to an activating group) is 1. The molecule has 5 nitrogen and oxygen atoms in total. The van der Waals surface area contributed by atoms with Crippen molar-refractivity contribution in [3.63, 3.8) is 0 Å². The number of nitrogens with zero attached hydrogens (tertiary/aromatic N) is 3. The number of likely N-dealkylation sites (tertiary alicyclic amines) is 1. The van der Waals surface area contributed by atoms with Crippen molar-refractivity contribution in [3.05, 3.63) is 0 Å². The number of hydrogen-bond donors (Lipinski definition) is 1. The van der Waals surface area contributed by atoms with Crippen LogP contribution in [-0.2, 0) is 4.74 Å². The zero-order valence-corrected chi connectivity index (χ0v) is 18.1. The summed E-state index contributed by atoms with van der Waals surface area (Å²) in [4.78, 5) is 9.13. The predicted octanol–water partition coefficient (Wildman–Crippen LogP) is 2.66. The van der Waals surface area contributed by atoms with Gasteiger partial charge < -0.3 is 19.9 Å². The van der Waals surface area contributed by atoms with Gasteiger partial charge in [-0.25, -0.2) is 0 Å². The Kier molecular flexibility index (Phi) is 11.3. The number of rotatable bonds is 9. The van der Waals surface area contributed by atoms with Gasteiger partial charge in [0.15, 0.2) is 5.96 Å². The molecule has 0 bridgehead atoms. The topological polar surface area (TPSA) is 40.1 Å². The maximum atomic E-state index is 5.71. The summed E-state index contributed by atoms with van der Waals surface area (Å²) in [6.07, 6.45) is 6.61. The largest absolute Gasteiger partial charge is 0.379 e. The van der Waals surface area contributed by atoms with E-state index in [4.69, 9.17) is 4.74 Å². The van der Waals surface area contributed by atoms with Gasteiger partial charge in [0.25, 0.3) is 0 Å². The Balaban J connectivity index is 0.00000288. The smallest absolute Gasteiger partial charge is 0.193 e. The second-order valence-corrected chi connectivity index (χ2v) is 7.29. The molecular formula is C18H37IN4O. The number of ether oxygens (including phenoxy) is 1. The highest BCUT2D eigenvalue weighted by Gasteiger charge is 2.21. The van der Waals surface area contributed by atoms with Gasteiger partial charge in [-0.2, -0.15) is 0 Å². The molecule has 0 atom stereocenters. The van der Waals surface area contributed by atoms with Gasteiger partial charge in [0, 0.05) is 33.8 Å². The minimum Gasteiger partial charge on any atom is -0.379 e. The van der Waals surface area contributed by atoms with Crippen LogP contribution in [0, 0.1) is 11.8 Å². The molecule has 1 saturated heterocycles. The summed E-state index contributed by atoms with van der Waals surface area (Å²) in [6, 6.07) is 0. The predicted molar refractivity (Wildman–Crippen MR) is 112 cm³/mol. The first-order valence-corrected chi connectivity index (χ1v) is 9.41. The van der Waals surface area contributed by atoms with E-state index in [0.717, 1.165) is 44.1 Å². The van der Waals surface area contributed by atoms with E-state index in [0.29, 0.717) is 0 Å². The third kappa shape index (κ3) is 8.85. The van der Waals surface area contributed by atoms with Crippen LogP contribution in [0.4, 0.5) is 0 Å².